The van der Waals surface area contributed by atoms with E-state index in [0.717, 1.165) is 12.8 Å². The highest BCUT2D eigenvalue weighted by atomic mass is 127. The second kappa shape index (κ2) is 8.50. The summed E-state index contributed by atoms with van der Waals surface area (Å²) < 4.78 is 2.16. The van der Waals surface area contributed by atoms with Crippen molar-refractivity contribution in [3.05, 3.63) is 30.6 Å². The van der Waals surface area contributed by atoms with E-state index in [2.05, 4.69) is 11.9 Å². The minimum atomic E-state index is -0.300. The minimum absolute atomic E-state index is 0.295. The molecule has 1 N–H and O–H groups in total. The third-order valence-electron chi connectivity index (χ3n) is 2.97. The smallest absolute Gasteiger partial charge is 0.300 e. The van der Waals surface area contributed by atoms with Crippen molar-refractivity contribution in [1.82, 2.24) is 9.55 Å². The van der Waals surface area contributed by atoms with Crippen molar-refractivity contribution in [2.45, 2.75) is 58.4 Å². The zero-order valence-corrected chi connectivity index (χ0v) is 13.0. The number of aromatic amines is 1. The fraction of sp³-hybridized carbons (Fsp3) is 0.692. The van der Waals surface area contributed by atoms with Gasteiger partial charge >= 0.3 is 5.69 Å². The van der Waals surface area contributed by atoms with E-state index in [1.54, 1.807) is 10.8 Å². The summed E-state index contributed by atoms with van der Waals surface area (Å²) in [6, 6.07) is 0. The minimum Gasteiger partial charge on any atom is -0.300 e. The van der Waals surface area contributed by atoms with E-state index >= 15 is 0 Å². The zero-order valence-electron chi connectivity index (χ0n) is 10.9. The summed E-state index contributed by atoms with van der Waals surface area (Å²) >= 11 is 1.95. The lowest BCUT2D eigenvalue weighted by molar-refractivity contribution is 0.535. The lowest BCUT2D eigenvalue weighted by Crippen LogP contribution is -2.30. The highest BCUT2D eigenvalue weighted by Gasteiger charge is 2.01. The molecule has 0 bridgehead atoms. The summed E-state index contributed by atoms with van der Waals surface area (Å²) in [7, 11) is 0. The second-order valence-electron chi connectivity index (χ2n) is 4.55. The SMILES string of the molecule is CCCCCCCCCn1cc(I)c(=O)[nH]c1=O. The first-order valence-electron chi connectivity index (χ1n) is 6.64. The van der Waals surface area contributed by atoms with Crippen LogP contribution in [-0.2, 0) is 6.54 Å². The van der Waals surface area contributed by atoms with E-state index in [0.29, 0.717) is 10.1 Å². The van der Waals surface area contributed by atoms with Crippen LogP contribution in [-0.4, -0.2) is 9.55 Å². The number of hydrogen-bond donors (Lipinski definition) is 1. The van der Waals surface area contributed by atoms with Crippen molar-refractivity contribution in [2.24, 2.45) is 0 Å². The number of rotatable bonds is 8. The molecule has 0 radical (unpaired) electrons. The molecule has 4 nitrogen and oxygen atoms in total. The molecule has 0 unspecified atom stereocenters. The molecule has 1 aromatic heterocycles. The average molecular weight is 364 g/mol. The first-order valence-corrected chi connectivity index (χ1v) is 7.72. The quantitative estimate of drug-likeness (QED) is 0.570. The van der Waals surface area contributed by atoms with Crippen molar-refractivity contribution < 1.29 is 0 Å². The standard InChI is InChI=1S/C13H21IN2O2/c1-2-3-4-5-6-7-8-9-16-10-11(14)12(17)15-13(16)18/h10H,2-9H2,1H3,(H,15,17,18). The highest BCUT2D eigenvalue weighted by molar-refractivity contribution is 14.1. The van der Waals surface area contributed by atoms with Crippen molar-refractivity contribution in [1.29, 1.82) is 0 Å². The van der Waals surface area contributed by atoms with Crippen LogP contribution in [0.25, 0.3) is 0 Å². The lowest BCUT2D eigenvalue weighted by Gasteiger charge is -2.05. The van der Waals surface area contributed by atoms with Crippen molar-refractivity contribution in [3.8, 4) is 0 Å². The van der Waals surface area contributed by atoms with Gasteiger partial charge in [0.25, 0.3) is 5.56 Å². The number of nitrogens with one attached hydrogen (secondary N) is 1. The van der Waals surface area contributed by atoms with Gasteiger partial charge in [0.1, 0.15) is 0 Å². The molecule has 0 aliphatic rings. The van der Waals surface area contributed by atoms with Gasteiger partial charge < -0.3 is 0 Å². The molecule has 102 valence electrons. The molecular formula is C13H21IN2O2. The van der Waals surface area contributed by atoms with Crippen LogP contribution in [0.15, 0.2) is 15.8 Å². The van der Waals surface area contributed by atoms with E-state index in [1.165, 1.54) is 32.1 Å². The average Bonchev–Trinajstić information content (AvgIpc) is 2.34. The van der Waals surface area contributed by atoms with E-state index in [9.17, 15) is 9.59 Å². The molecule has 0 saturated carbocycles. The molecule has 0 aliphatic heterocycles. The van der Waals surface area contributed by atoms with Gasteiger partial charge in [0.15, 0.2) is 0 Å². The van der Waals surface area contributed by atoms with Crippen LogP contribution < -0.4 is 11.2 Å². The summed E-state index contributed by atoms with van der Waals surface area (Å²) in [4.78, 5) is 25.0. The molecule has 0 aromatic carbocycles. The summed E-state index contributed by atoms with van der Waals surface area (Å²) in [5.74, 6) is 0. The Morgan fingerprint density at radius 1 is 1.11 bits per heavy atom. The molecule has 5 heteroatoms. The molecule has 18 heavy (non-hydrogen) atoms. The molecule has 1 heterocycles. The number of H-pyrrole nitrogens is 1. The van der Waals surface area contributed by atoms with Gasteiger partial charge in [0, 0.05) is 12.7 Å². The Hall–Kier alpha value is -0.590. The van der Waals surface area contributed by atoms with Crippen molar-refractivity contribution >= 4 is 22.6 Å². The number of aryl methyl sites for hydroxylation is 1. The summed E-state index contributed by atoms with van der Waals surface area (Å²) in [6.45, 7) is 2.91. The van der Waals surface area contributed by atoms with Crippen LogP contribution in [0.3, 0.4) is 0 Å². The highest BCUT2D eigenvalue weighted by Crippen LogP contribution is 2.07. The first kappa shape index (κ1) is 15.5. The van der Waals surface area contributed by atoms with Gasteiger partial charge in [-0.1, -0.05) is 45.4 Å². The van der Waals surface area contributed by atoms with E-state index < -0.39 is 0 Å². The Bertz CT molecular complexity index is 465. The number of halogens is 1. The number of hydrogen-bond acceptors (Lipinski definition) is 2. The van der Waals surface area contributed by atoms with Crippen LogP contribution in [0.2, 0.25) is 0 Å². The number of nitrogens with zero attached hydrogens (tertiary/aromatic N) is 1. The molecule has 0 fully saturated rings. The van der Waals surface area contributed by atoms with Gasteiger partial charge in [-0.2, -0.15) is 0 Å². The predicted molar refractivity (Wildman–Crippen MR) is 82.0 cm³/mol. The predicted octanol–water partition coefficient (Wildman–Crippen LogP) is 2.89. The lowest BCUT2D eigenvalue weighted by atomic mass is 10.1. The van der Waals surface area contributed by atoms with Gasteiger partial charge in [-0.15, -0.1) is 0 Å². The molecule has 0 spiro atoms. The Balaban J connectivity index is 2.30. The Morgan fingerprint density at radius 3 is 2.39 bits per heavy atom. The van der Waals surface area contributed by atoms with E-state index in [1.807, 2.05) is 22.6 Å². The van der Waals surface area contributed by atoms with Gasteiger partial charge in [-0.3, -0.25) is 14.3 Å². The second-order valence-corrected chi connectivity index (χ2v) is 5.71. The maximum Gasteiger partial charge on any atom is 0.328 e. The third kappa shape index (κ3) is 5.37. The Morgan fingerprint density at radius 2 is 1.72 bits per heavy atom. The van der Waals surface area contributed by atoms with Crippen molar-refractivity contribution in [3.63, 3.8) is 0 Å². The van der Waals surface area contributed by atoms with Gasteiger partial charge in [-0.05, 0) is 29.0 Å². The molecule has 0 saturated heterocycles. The first-order chi connectivity index (χ1) is 8.65. The van der Waals surface area contributed by atoms with Crippen LogP contribution >= 0.6 is 22.6 Å². The van der Waals surface area contributed by atoms with Crippen LogP contribution in [0, 0.1) is 3.57 Å². The molecular weight excluding hydrogens is 343 g/mol. The Kier molecular flexibility index (Phi) is 7.31. The normalized spacial score (nSPS) is 10.8. The third-order valence-corrected chi connectivity index (χ3v) is 3.74. The summed E-state index contributed by atoms with van der Waals surface area (Å²) in [5, 5.41) is 0. The van der Waals surface area contributed by atoms with Crippen LogP contribution in [0.5, 0.6) is 0 Å². The molecule has 0 atom stereocenters. The maximum atomic E-state index is 11.5. The van der Waals surface area contributed by atoms with Crippen LogP contribution in [0.1, 0.15) is 51.9 Å². The summed E-state index contributed by atoms with van der Waals surface area (Å²) in [6.07, 6.45) is 10.2. The molecule has 0 aliphatic carbocycles. The van der Waals surface area contributed by atoms with Gasteiger partial charge in [0.2, 0.25) is 0 Å². The largest absolute Gasteiger partial charge is 0.328 e. The van der Waals surface area contributed by atoms with Gasteiger partial charge in [-0.25, -0.2) is 4.79 Å². The fourth-order valence-corrected chi connectivity index (χ4v) is 2.36. The molecule has 0 amide bonds. The van der Waals surface area contributed by atoms with Crippen LogP contribution in [0.4, 0.5) is 0 Å². The zero-order chi connectivity index (χ0) is 13.4. The van der Waals surface area contributed by atoms with Gasteiger partial charge in [0.05, 0.1) is 3.57 Å². The molecule has 1 aromatic rings. The molecule has 1 rings (SSSR count). The van der Waals surface area contributed by atoms with E-state index in [4.69, 9.17) is 0 Å². The summed E-state index contributed by atoms with van der Waals surface area (Å²) in [5.41, 5.74) is -0.595. The van der Waals surface area contributed by atoms with Crippen molar-refractivity contribution in [2.75, 3.05) is 0 Å². The Labute approximate surface area is 121 Å². The topological polar surface area (TPSA) is 54.9 Å². The number of aromatic nitrogens is 2. The maximum absolute atomic E-state index is 11.5. The number of unbranched alkanes of at least 4 members (excludes halogenated alkanes) is 6. The monoisotopic (exact) mass is 364 g/mol. The fourth-order valence-electron chi connectivity index (χ4n) is 1.89. The van der Waals surface area contributed by atoms with E-state index in [-0.39, 0.29) is 11.2 Å².